The van der Waals surface area contributed by atoms with Gasteiger partial charge in [-0.05, 0) is 31.2 Å². The number of para-hydroxylation sites is 2. The lowest BCUT2D eigenvalue weighted by Gasteiger charge is -2.32. The van der Waals surface area contributed by atoms with Crippen LogP contribution in [-0.2, 0) is 16.1 Å². The molecule has 25 heavy (non-hydrogen) atoms. The second kappa shape index (κ2) is 7.25. The quantitative estimate of drug-likeness (QED) is 0.874. The molecule has 0 aromatic heterocycles. The van der Waals surface area contributed by atoms with Crippen molar-refractivity contribution in [2.24, 2.45) is 0 Å². The molecule has 0 saturated heterocycles. The van der Waals surface area contributed by atoms with Gasteiger partial charge >= 0.3 is 0 Å². The average Bonchev–Trinajstić information content (AvgIpc) is 2.59. The number of nitrogens with one attached hydrogen (secondary N) is 2. The number of hydrogen-bond acceptors (Lipinski definition) is 2. The van der Waals surface area contributed by atoms with Gasteiger partial charge in [0.25, 0.3) is 5.91 Å². The first-order valence-corrected chi connectivity index (χ1v) is 8.60. The molecule has 1 heterocycles. The summed E-state index contributed by atoms with van der Waals surface area (Å²) >= 11 is 6.04. The molecule has 0 saturated carbocycles. The van der Waals surface area contributed by atoms with E-state index in [9.17, 15) is 9.59 Å². The maximum atomic E-state index is 13.0. The van der Waals surface area contributed by atoms with Crippen LogP contribution in [0.25, 0.3) is 0 Å². The van der Waals surface area contributed by atoms with E-state index in [1.165, 1.54) is 0 Å². The molecule has 2 aromatic carbocycles. The molecule has 0 aliphatic carbocycles. The number of quaternary nitrogens is 1. The number of amides is 2. The number of rotatable bonds is 4. The smallest absolute Gasteiger partial charge is 0.285 e. The second-order valence-electron chi connectivity index (χ2n) is 6.36. The lowest BCUT2D eigenvalue weighted by atomic mass is 10.1. The molecule has 0 spiro atoms. The Morgan fingerprint density at radius 1 is 1.28 bits per heavy atom. The molecule has 130 valence electrons. The lowest BCUT2D eigenvalue weighted by molar-refractivity contribution is -0.908. The summed E-state index contributed by atoms with van der Waals surface area (Å²) in [6.07, 6.45) is 0. The van der Waals surface area contributed by atoms with Crippen LogP contribution < -0.4 is 15.1 Å². The predicted molar refractivity (Wildman–Crippen MR) is 98.9 cm³/mol. The second-order valence-corrected chi connectivity index (χ2v) is 6.80. The van der Waals surface area contributed by atoms with Crippen molar-refractivity contribution in [2.75, 3.05) is 23.8 Å². The fourth-order valence-corrected chi connectivity index (χ4v) is 3.21. The van der Waals surface area contributed by atoms with Crippen molar-refractivity contribution in [3.8, 4) is 0 Å². The van der Waals surface area contributed by atoms with Crippen LogP contribution in [0.4, 0.5) is 11.4 Å². The number of anilines is 2. The summed E-state index contributed by atoms with van der Waals surface area (Å²) in [5.74, 6) is -0.242. The predicted octanol–water partition coefficient (Wildman–Crippen LogP) is 1.73. The first-order chi connectivity index (χ1) is 12.0. The molecule has 3 rings (SSSR count). The summed E-state index contributed by atoms with van der Waals surface area (Å²) in [6.45, 7) is 2.61. The molecule has 0 fully saturated rings. The largest absolute Gasteiger partial charge is 0.324 e. The zero-order valence-corrected chi connectivity index (χ0v) is 15.0. The highest BCUT2D eigenvalue weighted by molar-refractivity contribution is 6.30. The van der Waals surface area contributed by atoms with Crippen molar-refractivity contribution in [3.63, 3.8) is 0 Å². The Balaban J connectivity index is 1.77. The first-order valence-electron chi connectivity index (χ1n) is 8.22. The minimum atomic E-state index is -0.294. The Labute approximate surface area is 152 Å². The Hall–Kier alpha value is -2.37. The topological polar surface area (TPSA) is 53.9 Å². The number of carbonyl (C=O) groups excluding carboxylic acids is 2. The monoisotopic (exact) mass is 358 g/mol. The van der Waals surface area contributed by atoms with Gasteiger partial charge in [0.1, 0.15) is 13.1 Å². The molecule has 2 atom stereocenters. The van der Waals surface area contributed by atoms with Crippen molar-refractivity contribution < 1.29 is 14.5 Å². The van der Waals surface area contributed by atoms with E-state index in [2.05, 4.69) is 5.32 Å². The summed E-state index contributed by atoms with van der Waals surface area (Å²) in [4.78, 5) is 27.5. The minimum Gasteiger partial charge on any atom is -0.324 e. The van der Waals surface area contributed by atoms with Crippen LogP contribution in [0.15, 0.2) is 48.5 Å². The number of halogens is 1. The van der Waals surface area contributed by atoms with Gasteiger partial charge in [0.15, 0.2) is 6.04 Å². The Bertz CT molecular complexity index is 809. The van der Waals surface area contributed by atoms with Gasteiger partial charge in [-0.2, -0.15) is 0 Å². The van der Waals surface area contributed by atoms with Gasteiger partial charge in [-0.1, -0.05) is 35.9 Å². The summed E-state index contributed by atoms with van der Waals surface area (Å²) in [5.41, 5.74) is 2.49. The van der Waals surface area contributed by atoms with Gasteiger partial charge in [0.2, 0.25) is 5.91 Å². The van der Waals surface area contributed by atoms with Crippen LogP contribution in [0.5, 0.6) is 0 Å². The van der Waals surface area contributed by atoms with E-state index in [1.807, 2.05) is 56.4 Å². The Morgan fingerprint density at radius 3 is 2.80 bits per heavy atom. The van der Waals surface area contributed by atoms with E-state index in [0.29, 0.717) is 17.3 Å². The number of likely N-dealkylation sites (N-methyl/N-ethyl adjacent to an activating group) is 1. The van der Waals surface area contributed by atoms with Gasteiger partial charge in [-0.3, -0.25) is 14.5 Å². The van der Waals surface area contributed by atoms with Crippen LogP contribution in [-0.4, -0.2) is 31.4 Å². The van der Waals surface area contributed by atoms with Crippen LogP contribution in [0, 0.1) is 0 Å². The van der Waals surface area contributed by atoms with Crippen molar-refractivity contribution in [3.05, 3.63) is 59.1 Å². The third kappa shape index (κ3) is 3.83. The van der Waals surface area contributed by atoms with E-state index in [0.717, 1.165) is 16.2 Å². The van der Waals surface area contributed by atoms with E-state index < -0.39 is 0 Å². The number of nitrogens with zero attached hydrogens (tertiary/aromatic N) is 1. The van der Waals surface area contributed by atoms with Crippen LogP contribution in [0.3, 0.4) is 0 Å². The van der Waals surface area contributed by atoms with E-state index in [-0.39, 0.29) is 24.4 Å². The average molecular weight is 359 g/mol. The molecule has 1 aliphatic rings. The van der Waals surface area contributed by atoms with E-state index in [4.69, 9.17) is 11.6 Å². The minimum absolute atomic E-state index is 0.0463. The highest BCUT2D eigenvalue weighted by Gasteiger charge is 2.33. The van der Waals surface area contributed by atoms with Crippen molar-refractivity contribution in [1.82, 2.24) is 0 Å². The zero-order chi connectivity index (χ0) is 18.0. The highest BCUT2D eigenvalue weighted by atomic mass is 35.5. The van der Waals surface area contributed by atoms with Gasteiger partial charge in [0, 0.05) is 10.6 Å². The molecule has 0 radical (unpaired) electrons. The number of hydrogen-bond donors (Lipinski definition) is 2. The number of benzene rings is 2. The fourth-order valence-electron chi connectivity index (χ4n) is 3.00. The van der Waals surface area contributed by atoms with Crippen molar-refractivity contribution in [2.45, 2.75) is 19.5 Å². The SMILES string of the molecule is C[C@@H](C(=O)N1CC(=O)Nc2ccccc21)[NH+](C)Cc1cccc(Cl)c1. The molecule has 2 aromatic rings. The van der Waals surface area contributed by atoms with Crippen LogP contribution >= 0.6 is 11.6 Å². The normalized spacial score (nSPS) is 16.0. The molecule has 1 aliphatic heterocycles. The van der Waals surface area contributed by atoms with Crippen LogP contribution in [0.2, 0.25) is 5.02 Å². The summed E-state index contributed by atoms with van der Waals surface area (Å²) in [7, 11) is 1.97. The number of fused-ring (bicyclic) bond motifs is 1. The van der Waals surface area contributed by atoms with Gasteiger partial charge in [-0.25, -0.2) is 0 Å². The molecular weight excluding hydrogens is 338 g/mol. The third-order valence-electron chi connectivity index (χ3n) is 4.52. The summed E-state index contributed by atoms with van der Waals surface area (Å²) < 4.78 is 0. The molecule has 5 nitrogen and oxygen atoms in total. The molecule has 2 amide bonds. The molecule has 2 N–H and O–H groups in total. The zero-order valence-electron chi connectivity index (χ0n) is 14.3. The molecular formula is C19H21ClN3O2+. The highest BCUT2D eigenvalue weighted by Crippen LogP contribution is 2.29. The van der Waals surface area contributed by atoms with Crippen LogP contribution in [0.1, 0.15) is 12.5 Å². The van der Waals surface area contributed by atoms with Gasteiger partial charge in [0.05, 0.1) is 18.4 Å². The Morgan fingerprint density at radius 2 is 2.04 bits per heavy atom. The van der Waals surface area contributed by atoms with Crippen molar-refractivity contribution in [1.29, 1.82) is 0 Å². The fraction of sp³-hybridized carbons (Fsp3) is 0.263. The van der Waals surface area contributed by atoms with Crippen molar-refractivity contribution >= 4 is 34.8 Å². The van der Waals surface area contributed by atoms with Gasteiger partial charge in [-0.15, -0.1) is 0 Å². The molecule has 1 unspecified atom stereocenters. The van der Waals surface area contributed by atoms with E-state index in [1.54, 1.807) is 11.0 Å². The molecule has 6 heteroatoms. The summed E-state index contributed by atoms with van der Waals surface area (Å²) in [5, 5.41) is 3.49. The summed E-state index contributed by atoms with van der Waals surface area (Å²) in [6, 6.07) is 14.7. The number of carbonyl (C=O) groups is 2. The molecule has 0 bridgehead atoms. The first kappa shape index (κ1) is 17.5. The maximum absolute atomic E-state index is 13.0. The third-order valence-corrected chi connectivity index (χ3v) is 4.75. The van der Waals surface area contributed by atoms with E-state index >= 15 is 0 Å². The van der Waals surface area contributed by atoms with Gasteiger partial charge < -0.3 is 10.2 Å². The maximum Gasteiger partial charge on any atom is 0.285 e. The Kier molecular flexibility index (Phi) is 5.06. The lowest BCUT2D eigenvalue weighted by Crippen LogP contribution is -3.12. The standard InChI is InChI=1S/C19H20ClN3O2/c1-13(22(2)11-14-6-5-7-15(20)10-14)19(25)23-12-18(24)21-16-8-3-4-9-17(16)23/h3-10,13H,11-12H2,1-2H3,(H,21,24)/p+1/t13-/m0/s1.